The predicted molar refractivity (Wildman–Crippen MR) is 52.0 cm³/mol. The highest BCUT2D eigenvalue weighted by molar-refractivity contribution is 5.14. The first-order valence-electron chi connectivity index (χ1n) is 4.87. The number of aliphatic hydroxyl groups is 1. The van der Waals surface area contributed by atoms with Crippen molar-refractivity contribution in [1.29, 1.82) is 0 Å². The minimum atomic E-state index is 0.307. The minimum Gasteiger partial charge on any atom is -0.396 e. The first kappa shape index (κ1) is 9.79. The van der Waals surface area contributed by atoms with E-state index in [4.69, 9.17) is 5.11 Å². The molecule has 0 saturated carbocycles. The molecule has 0 amide bonds. The van der Waals surface area contributed by atoms with Gasteiger partial charge in [0.05, 0.1) is 0 Å². The maximum Gasteiger partial charge on any atom is 0.0433 e. The van der Waals surface area contributed by atoms with E-state index in [2.05, 4.69) is 26.8 Å². The number of hydrogen-bond acceptors (Lipinski definition) is 1. The van der Waals surface area contributed by atoms with Crippen LogP contribution in [0.15, 0.2) is 11.6 Å². The van der Waals surface area contributed by atoms with Gasteiger partial charge in [0.1, 0.15) is 0 Å². The van der Waals surface area contributed by atoms with Gasteiger partial charge in [-0.1, -0.05) is 25.5 Å². The Morgan fingerprint density at radius 1 is 1.58 bits per heavy atom. The first-order valence-corrected chi connectivity index (χ1v) is 4.87. The van der Waals surface area contributed by atoms with Crippen molar-refractivity contribution in [2.45, 2.75) is 40.0 Å². The van der Waals surface area contributed by atoms with E-state index in [9.17, 15) is 0 Å². The summed E-state index contributed by atoms with van der Waals surface area (Å²) in [4.78, 5) is 0. The van der Waals surface area contributed by atoms with Crippen molar-refractivity contribution < 1.29 is 5.11 Å². The second-order valence-electron chi connectivity index (χ2n) is 4.40. The molecule has 12 heavy (non-hydrogen) atoms. The van der Waals surface area contributed by atoms with E-state index >= 15 is 0 Å². The molecular weight excluding hydrogens is 148 g/mol. The molecule has 0 heterocycles. The zero-order valence-electron chi connectivity index (χ0n) is 8.43. The third-order valence-corrected chi connectivity index (χ3v) is 3.48. The van der Waals surface area contributed by atoms with Crippen molar-refractivity contribution in [2.75, 3.05) is 6.61 Å². The molecule has 0 aromatic rings. The summed E-state index contributed by atoms with van der Waals surface area (Å²) in [6, 6.07) is 0. The van der Waals surface area contributed by atoms with Crippen LogP contribution in [0.5, 0.6) is 0 Å². The Hall–Kier alpha value is -0.300. The topological polar surface area (TPSA) is 20.2 Å². The van der Waals surface area contributed by atoms with Crippen LogP contribution in [0.4, 0.5) is 0 Å². The second-order valence-corrected chi connectivity index (χ2v) is 4.40. The van der Waals surface area contributed by atoms with Gasteiger partial charge in [0.15, 0.2) is 0 Å². The van der Waals surface area contributed by atoms with Crippen molar-refractivity contribution in [1.82, 2.24) is 0 Å². The van der Waals surface area contributed by atoms with Crippen LogP contribution in [0.25, 0.3) is 0 Å². The van der Waals surface area contributed by atoms with E-state index in [1.807, 2.05) is 0 Å². The van der Waals surface area contributed by atoms with E-state index < -0.39 is 0 Å². The molecule has 0 bridgehead atoms. The van der Waals surface area contributed by atoms with Crippen LogP contribution >= 0.6 is 0 Å². The van der Waals surface area contributed by atoms with Crippen molar-refractivity contribution in [3.8, 4) is 0 Å². The molecule has 0 aromatic carbocycles. The van der Waals surface area contributed by atoms with Gasteiger partial charge in [-0.25, -0.2) is 0 Å². The molecule has 0 saturated heterocycles. The number of hydrogen-bond donors (Lipinski definition) is 1. The van der Waals surface area contributed by atoms with Gasteiger partial charge in [0.2, 0.25) is 0 Å². The third kappa shape index (κ3) is 1.71. The summed E-state index contributed by atoms with van der Waals surface area (Å²) in [5, 5.41) is 8.92. The van der Waals surface area contributed by atoms with Crippen LogP contribution in [0, 0.1) is 11.3 Å². The highest BCUT2D eigenvalue weighted by atomic mass is 16.3. The van der Waals surface area contributed by atoms with Gasteiger partial charge >= 0.3 is 0 Å². The monoisotopic (exact) mass is 168 g/mol. The van der Waals surface area contributed by atoms with Gasteiger partial charge in [-0.15, -0.1) is 0 Å². The minimum absolute atomic E-state index is 0.307. The van der Waals surface area contributed by atoms with Gasteiger partial charge in [-0.3, -0.25) is 0 Å². The van der Waals surface area contributed by atoms with Crippen molar-refractivity contribution in [3.63, 3.8) is 0 Å². The second kappa shape index (κ2) is 3.61. The van der Waals surface area contributed by atoms with Crippen LogP contribution in [0.3, 0.4) is 0 Å². The first-order chi connectivity index (χ1) is 5.59. The Morgan fingerprint density at radius 2 is 2.25 bits per heavy atom. The van der Waals surface area contributed by atoms with Gasteiger partial charge in [-0.2, -0.15) is 0 Å². The van der Waals surface area contributed by atoms with E-state index in [1.165, 1.54) is 18.4 Å². The summed E-state index contributed by atoms with van der Waals surface area (Å²) in [6.07, 6.45) is 5.73. The summed E-state index contributed by atoms with van der Waals surface area (Å²) < 4.78 is 0. The molecule has 0 fully saturated rings. The number of rotatable bonds is 2. The van der Waals surface area contributed by atoms with Gasteiger partial charge in [0, 0.05) is 6.61 Å². The fourth-order valence-corrected chi connectivity index (χ4v) is 2.11. The lowest BCUT2D eigenvalue weighted by Gasteiger charge is -2.38. The predicted octanol–water partition coefficient (Wildman–Crippen LogP) is 2.75. The van der Waals surface area contributed by atoms with Crippen LogP contribution < -0.4 is 0 Å². The van der Waals surface area contributed by atoms with Crippen molar-refractivity contribution >= 4 is 0 Å². The van der Waals surface area contributed by atoms with E-state index in [1.54, 1.807) is 0 Å². The normalized spacial score (nSPS) is 28.3. The Morgan fingerprint density at radius 3 is 2.83 bits per heavy atom. The van der Waals surface area contributed by atoms with Gasteiger partial charge in [0.25, 0.3) is 0 Å². The highest BCUT2D eigenvalue weighted by Crippen LogP contribution is 2.42. The molecule has 70 valence electrons. The SMILES string of the molecule is CC1=CCC[C@H](CCO)C1(C)C. The zero-order valence-corrected chi connectivity index (χ0v) is 8.43. The molecule has 0 spiro atoms. The summed E-state index contributed by atoms with van der Waals surface area (Å²) in [5.41, 5.74) is 1.80. The largest absolute Gasteiger partial charge is 0.396 e. The van der Waals surface area contributed by atoms with Crippen LogP contribution in [-0.2, 0) is 0 Å². The lowest BCUT2D eigenvalue weighted by Crippen LogP contribution is -2.28. The summed E-state index contributed by atoms with van der Waals surface area (Å²) >= 11 is 0. The Balaban J connectivity index is 2.72. The average Bonchev–Trinajstić information content (AvgIpc) is 2.00. The van der Waals surface area contributed by atoms with Gasteiger partial charge < -0.3 is 5.11 Å². The van der Waals surface area contributed by atoms with Crippen molar-refractivity contribution in [3.05, 3.63) is 11.6 Å². The molecule has 1 heteroatoms. The van der Waals surface area contributed by atoms with Crippen LogP contribution in [0.1, 0.15) is 40.0 Å². The molecule has 1 rings (SSSR count). The molecule has 1 aliphatic rings. The molecule has 1 N–H and O–H groups in total. The smallest absolute Gasteiger partial charge is 0.0433 e. The fraction of sp³-hybridized carbons (Fsp3) is 0.818. The molecule has 1 aliphatic carbocycles. The average molecular weight is 168 g/mol. The zero-order chi connectivity index (χ0) is 9.19. The molecule has 0 radical (unpaired) electrons. The van der Waals surface area contributed by atoms with E-state index in [-0.39, 0.29) is 0 Å². The van der Waals surface area contributed by atoms with E-state index in [0.29, 0.717) is 17.9 Å². The van der Waals surface area contributed by atoms with Crippen molar-refractivity contribution in [2.24, 2.45) is 11.3 Å². The maximum absolute atomic E-state index is 8.92. The number of allylic oxidation sites excluding steroid dienone is 2. The third-order valence-electron chi connectivity index (χ3n) is 3.48. The molecule has 0 aromatic heterocycles. The lowest BCUT2D eigenvalue weighted by molar-refractivity contribution is 0.170. The lowest BCUT2D eigenvalue weighted by atomic mass is 9.67. The highest BCUT2D eigenvalue weighted by Gasteiger charge is 2.32. The summed E-state index contributed by atoms with van der Waals surface area (Å²) in [6.45, 7) is 7.13. The van der Waals surface area contributed by atoms with Crippen LogP contribution in [0.2, 0.25) is 0 Å². The Kier molecular flexibility index (Phi) is 2.94. The number of aliphatic hydroxyl groups excluding tert-OH is 1. The molecular formula is C11H20O. The maximum atomic E-state index is 8.92. The Labute approximate surface area is 75.5 Å². The molecule has 0 unspecified atom stereocenters. The summed E-state index contributed by atoms with van der Waals surface area (Å²) in [5.74, 6) is 0.674. The van der Waals surface area contributed by atoms with Gasteiger partial charge in [-0.05, 0) is 37.5 Å². The Bertz CT molecular complexity index is 179. The fourth-order valence-electron chi connectivity index (χ4n) is 2.11. The van der Waals surface area contributed by atoms with Crippen LogP contribution in [-0.4, -0.2) is 11.7 Å². The molecule has 1 atom stereocenters. The standard InChI is InChI=1S/C11H20O/c1-9-5-4-6-10(7-8-12)11(9,2)3/h5,10,12H,4,6-8H2,1-3H3/t10-/m1/s1. The van der Waals surface area contributed by atoms with E-state index in [0.717, 1.165) is 6.42 Å². The summed E-state index contributed by atoms with van der Waals surface area (Å²) in [7, 11) is 0. The quantitative estimate of drug-likeness (QED) is 0.629. The molecule has 1 nitrogen and oxygen atoms in total. The molecule has 0 aliphatic heterocycles.